The zero-order chi connectivity index (χ0) is 20.8. The smallest absolute Gasteiger partial charge is 0.229 e. The summed E-state index contributed by atoms with van der Waals surface area (Å²) in [6.45, 7) is 4.38. The van der Waals surface area contributed by atoms with Gasteiger partial charge in [-0.2, -0.15) is 0 Å². The lowest BCUT2D eigenvalue weighted by Gasteiger charge is -2.21. The van der Waals surface area contributed by atoms with E-state index in [0.29, 0.717) is 12.2 Å². The van der Waals surface area contributed by atoms with Crippen molar-refractivity contribution < 1.29 is 14.0 Å². The van der Waals surface area contributed by atoms with E-state index in [1.807, 2.05) is 74.5 Å². The van der Waals surface area contributed by atoms with Gasteiger partial charge in [0.15, 0.2) is 0 Å². The Morgan fingerprint density at radius 3 is 2.50 bits per heavy atom. The molecular weight excluding hydrogens is 376 g/mol. The summed E-state index contributed by atoms with van der Waals surface area (Å²) in [7, 11) is 0. The molecule has 5 rings (SSSR count). The number of fused-ring (bicyclic) bond motifs is 3. The number of nitrogens with one attached hydrogen (secondary N) is 1. The molecule has 1 aliphatic heterocycles. The first-order chi connectivity index (χ1) is 14.5. The van der Waals surface area contributed by atoms with Gasteiger partial charge in [-0.15, -0.1) is 0 Å². The number of hydrogen-bond acceptors (Lipinski definition) is 3. The molecule has 30 heavy (non-hydrogen) atoms. The van der Waals surface area contributed by atoms with E-state index in [2.05, 4.69) is 5.32 Å². The van der Waals surface area contributed by atoms with E-state index in [1.54, 1.807) is 4.90 Å². The Kier molecular flexibility index (Phi) is 4.31. The van der Waals surface area contributed by atoms with Gasteiger partial charge < -0.3 is 14.6 Å². The molecule has 0 bridgehead atoms. The molecule has 5 heteroatoms. The van der Waals surface area contributed by atoms with Gasteiger partial charge in [0.2, 0.25) is 11.8 Å². The minimum Gasteiger partial charge on any atom is -0.456 e. The highest BCUT2D eigenvalue weighted by molar-refractivity contribution is 6.07. The summed E-state index contributed by atoms with van der Waals surface area (Å²) in [4.78, 5) is 27.3. The van der Waals surface area contributed by atoms with Crippen LogP contribution in [0.3, 0.4) is 0 Å². The van der Waals surface area contributed by atoms with Crippen LogP contribution < -0.4 is 10.2 Å². The van der Waals surface area contributed by atoms with E-state index in [4.69, 9.17) is 4.42 Å². The summed E-state index contributed by atoms with van der Waals surface area (Å²) in [5.41, 5.74) is 5.22. The van der Waals surface area contributed by atoms with Crippen molar-refractivity contribution in [3.05, 3.63) is 71.8 Å². The lowest BCUT2D eigenvalue weighted by molar-refractivity contribution is -0.122. The molecule has 0 spiro atoms. The maximum Gasteiger partial charge on any atom is 0.229 e. The Morgan fingerprint density at radius 2 is 1.70 bits per heavy atom. The lowest BCUT2D eigenvalue weighted by atomic mass is 10.1. The lowest BCUT2D eigenvalue weighted by Crippen LogP contribution is -2.29. The molecule has 2 amide bonds. The number of carbonyl (C=O) groups excluding carboxylic acids is 2. The third-order valence-electron chi connectivity index (χ3n) is 5.85. The largest absolute Gasteiger partial charge is 0.456 e. The third kappa shape index (κ3) is 3.03. The highest BCUT2D eigenvalue weighted by Gasteiger charge is 2.36. The Morgan fingerprint density at radius 1 is 0.967 bits per heavy atom. The molecule has 2 heterocycles. The zero-order valence-electron chi connectivity index (χ0n) is 16.9. The van der Waals surface area contributed by atoms with Gasteiger partial charge >= 0.3 is 0 Å². The number of rotatable bonds is 3. The normalized spacial score (nSPS) is 16.5. The maximum absolute atomic E-state index is 12.9. The number of furan rings is 1. The first-order valence-electron chi connectivity index (χ1n) is 10.1. The van der Waals surface area contributed by atoms with E-state index >= 15 is 0 Å². The number of aryl methyl sites for hydroxylation is 2. The molecule has 1 atom stereocenters. The van der Waals surface area contributed by atoms with Gasteiger partial charge in [-0.1, -0.05) is 36.4 Å². The Balaban J connectivity index is 1.37. The van der Waals surface area contributed by atoms with Crippen LogP contribution in [0, 0.1) is 19.8 Å². The highest BCUT2D eigenvalue weighted by atomic mass is 16.3. The zero-order valence-corrected chi connectivity index (χ0v) is 16.9. The fraction of sp³-hybridized carbons (Fsp3) is 0.200. The second-order valence-electron chi connectivity index (χ2n) is 7.94. The third-order valence-corrected chi connectivity index (χ3v) is 5.85. The van der Waals surface area contributed by atoms with E-state index in [0.717, 1.165) is 38.8 Å². The Bertz CT molecular complexity index is 1280. The topological polar surface area (TPSA) is 62.6 Å². The first kappa shape index (κ1) is 18.4. The summed E-state index contributed by atoms with van der Waals surface area (Å²) in [5.74, 6) is -0.546. The van der Waals surface area contributed by atoms with Crippen molar-refractivity contribution in [2.45, 2.75) is 20.3 Å². The van der Waals surface area contributed by atoms with Crippen molar-refractivity contribution in [1.29, 1.82) is 0 Å². The molecule has 1 fully saturated rings. The average Bonchev–Trinajstić information content (AvgIpc) is 3.28. The van der Waals surface area contributed by atoms with E-state index < -0.39 is 0 Å². The molecule has 0 aliphatic carbocycles. The molecule has 0 radical (unpaired) electrons. The molecule has 4 aromatic rings. The molecule has 1 saturated heterocycles. The summed E-state index contributed by atoms with van der Waals surface area (Å²) in [5, 5.41) is 5.03. The van der Waals surface area contributed by atoms with Crippen LogP contribution >= 0.6 is 0 Å². The van der Waals surface area contributed by atoms with E-state index in [9.17, 15) is 9.59 Å². The number of benzene rings is 3. The molecule has 0 saturated carbocycles. The van der Waals surface area contributed by atoms with Crippen LogP contribution in [0.4, 0.5) is 11.4 Å². The van der Waals surface area contributed by atoms with Crippen LogP contribution in [-0.4, -0.2) is 18.4 Å². The minimum atomic E-state index is -0.386. The van der Waals surface area contributed by atoms with Crippen LogP contribution in [0.15, 0.2) is 65.1 Å². The van der Waals surface area contributed by atoms with Crippen molar-refractivity contribution in [3.63, 3.8) is 0 Å². The van der Waals surface area contributed by atoms with Crippen LogP contribution in [-0.2, 0) is 9.59 Å². The van der Waals surface area contributed by atoms with Gasteiger partial charge in [-0.3, -0.25) is 9.59 Å². The van der Waals surface area contributed by atoms with Crippen molar-refractivity contribution in [2.24, 2.45) is 5.92 Å². The van der Waals surface area contributed by atoms with Gasteiger partial charge in [0, 0.05) is 41.2 Å². The molecule has 5 nitrogen and oxygen atoms in total. The summed E-state index contributed by atoms with van der Waals surface area (Å²) >= 11 is 0. The van der Waals surface area contributed by atoms with E-state index in [-0.39, 0.29) is 24.2 Å². The molecule has 3 aromatic carbocycles. The number of anilines is 2. The number of amides is 2. The summed E-state index contributed by atoms with van der Waals surface area (Å²) in [6, 6.07) is 19.5. The predicted octanol–water partition coefficient (Wildman–Crippen LogP) is 5.19. The summed E-state index contributed by atoms with van der Waals surface area (Å²) in [6.07, 6.45) is 0.215. The number of carbonyl (C=O) groups is 2. The van der Waals surface area contributed by atoms with Crippen molar-refractivity contribution in [2.75, 3.05) is 16.8 Å². The SMILES string of the molecule is Cc1cccc(C)c1N1C[C@H](C(=O)Nc2ccc3c(c2)oc2ccccc23)CC1=O. The van der Waals surface area contributed by atoms with Gasteiger partial charge in [0.05, 0.1) is 5.92 Å². The predicted molar refractivity (Wildman–Crippen MR) is 119 cm³/mol. The van der Waals surface area contributed by atoms with Crippen LogP contribution in [0.25, 0.3) is 21.9 Å². The molecule has 1 N–H and O–H groups in total. The maximum atomic E-state index is 12.9. The van der Waals surface area contributed by atoms with Crippen LogP contribution in [0.2, 0.25) is 0 Å². The molecular formula is C25H22N2O3. The quantitative estimate of drug-likeness (QED) is 0.516. The second kappa shape index (κ2) is 7.02. The Labute approximate surface area is 174 Å². The summed E-state index contributed by atoms with van der Waals surface area (Å²) < 4.78 is 5.90. The first-order valence-corrected chi connectivity index (χ1v) is 10.1. The fourth-order valence-corrected chi connectivity index (χ4v) is 4.38. The standard InChI is InChI=1S/C25H22N2O3/c1-15-6-5-7-16(2)24(15)27-14-17(12-23(27)28)25(29)26-18-10-11-20-19-8-3-4-9-21(19)30-22(20)13-18/h3-11,13,17H,12,14H2,1-2H3,(H,26,29)/t17-/m1/s1. The molecule has 1 aliphatic rings. The average molecular weight is 398 g/mol. The van der Waals surface area contributed by atoms with Gasteiger partial charge in [-0.25, -0.2) is 0 Å². The van der Waals surface area contributed by atoms with Gasteiger partial charge in [0.1, 0.15) is 11.2 Å². The molecule has 150 valence electrons. The fourth-order valence-electron chi connectivity index (χ4n) is 4.38. The highest BCUT2D eigenvalue weighted by Crippen LogP contribution is 2.33. The molecule has 1 aromatic heterocycles. The number of hydrogen-bond donors (Lipinski definition) is 1. The second-order valence-corrected chi connectivity index (χ2v) is 7.94. The Hall–Kier alpha value is -3.60. The van der Waals surface area contributed by atoms with Gasteiger partial charge in [0.25, 0.3) is 0 Å². The van der Waals surface area contributed by atoms with Crippen molar-refractivity contribution >= 4 is 45.1 Å². The van der Waals surface area contributed by atoms with Crippen LogP contribution in [0.5, 0.6) is 0 Å². The monoisotopic (exact) mass is 398 g/mol. The molecule has 0 unspecified atom stereocenters. The van der Waals surface area contributed by atoms with Crippen molar-refractivity contribution in [1.82, 2.24) is 0 Å². The minimum absolute atomic E-state index is 0.0136. The van der Waals surface area contributed by atoms with E-state index in [1.165, 1.54) is 0 Å². The number of nitrogens with zero attached hydrogens (tertiary/aromatic N) is 1. The van der Waals surface area contributed by atoms with Crippen LogP contribution in [0.1, 0.15) is 17.5 Å². The van der Waals surface area contributed by atoms with Crippen molar-refractivity contribution in [3.8, 4) is 0 Å². The number of para-hydroxylation sites is 2. The van der Waals surface area contributed by atoms with Gasteiger partial charge in [-0.05, 0) is 43.2 Å².